The Morgan fingerprint density at radius 3 is 2.75 bits per heavy atom. The molecule has 0 bridgehead atoms. The summed E-state index contributed by atoms with van der Waals surface area (Å²) in [5, 5.41) is 9.13. The van der Waals surface area contributed by atoms with E-state index < -0.39 is 0 Å². The van der Waals surface area contributed by atoms with E-state index in [-0.39, 0.29) is 12.5 Å². The van der Waals surface area contributed by atoms with Crippen molar-refractivity contribution in [3.05, 3.63) is 17.3 Å². The SMILES string of the molecule is Nc1c(C(=O)N2CCC(CO)CC2)sc2nccnc12. The molecule has 1 saturated heterocycles. The summed E-state index contributed by atoms with van der Waals surface area (Å²) in [6.45, 7) is 1.53. The number of fused-ring (bicyclic) bond motifs is 1. The second-order valence-electron chi connectivity index (χ2n) is 4.97. The molecule has 1 fully saturated rings. The van der Waals surface area contributed by atoms with E-state index >= 15 is 0 Å². The summed E-state index contributed by atoms with van der Waals surface area (Å²) >= 11 is 1.29. The van der Waals surface area contributed by atoms with Crippen LogP contribution in [0, 0.1) is 5.92 Å². The summed E-state index contributed by atoms with van der Waals surface area (Å²) in [6, 6.07) is 0. The largest absolute Gasteiger partial charge is 0.396 e. The van der Waals surface area contributed by atoms with Gasteiger partial charge in [-0.2, -0.15) is 0 Å². The second-order valence-corrected chi connectivity index (χ2v) is 5.97. The van der Waals surface area contributed by atoms with E-state index in [1.54, 1.807) is 17.3 Å². The Kier molecular flexibility index (Phi) is 3.54. The molecule has 1 aliphatic heterocycles. The fourth-order valence-electron chi connectivity index (χ4n) is 2.46. The highest BCUT2D eigenvalue weighted by molar-refractivity contribution is 7.21. The topological polar surface area (TPSA) is 92.3 Å². The van der Waals surface area contributed by atoms with E-state index in [1.807, 2.05) is 0 Å². The number of amides is 1. The van der Waals surface area contributed by atoms with Crippen LogP contribution in [-0.2, 0) is 0 Å². The predicted octanol–water partition coefficient (Wildman–Crippen LogP) is 1.12. The van der Waals surface area contributed by atoms with Crippen molar-refractivity contribution in [2.75, 3.05) is 25.4 Å². The van der Waals surface area contributed by atoms with E-state index in [2.05, 4.69) is 9.97 Å². The van der Waals surface area contributed by atoms with Gasteiger partial charge in [0.25, 0.3) is 5.91 Å². The van der Waals surface area contributed by atoms with Crippen LogP contribution in [0.2, 0.25) is 0 Å². The molecule has 3 rings (SSSR count). The van der Waals surface area contributed by atoms with Crippen molar-refractivity contribution in [2.45, 2.75) is 12.8 Å². The normalized spacial score (nSPS) is 16.8. The molecule has 0 saturated carbocycles. The Morgan fingerprint density at radius 2 is 2.10 bits per heavy atom. The van der Waals surface area contributed by atoms with Crippen molar-refractivity contribution in [1.82, 2.24) is 14.9 Å². The number of hydrogen-bond acceptors (Lipinski definition) is 6. The van der Waals surface area contributed by atoms with Crippen LogP contribution >= 0.6 is 11.3 Å². The van der Waals surface area contributed by atoms with Crippen molar-refractivity contribution < 1.29 is 9.90 Å². The first-order valence-corrected chi connectivity index (χ1v) is 7.41. The van der Waals surface area contributed by atoms with E-state index in [0.29, 0.717) is 39.9 Å². The molecular formula is C13H16N4O2S. The molecule has 2 aromatic heterocycles. The Morgan fingerprint density at radius 1 is 1.40 bits per heavy atom. The highest BCUT2D eigenvalue weighted by atomic mass is 32.1. The zero-order chi connectivity index (χ0) is 14.1. The number of nitrogens with zero attached hydrogens (tertiary/aromatic N) is 3. The van der Waals surface area contributed by atoms with Crippen LogP contribution in [0.5, 0.6) is 0 Å². The van der Waals surface area contributed by atoms with Gasteiger partial charge in [-0.05, 0) is 18.8 Å². The predicted molar refractivity (Wildman–Crippen MR) is 77.5 cm³/mol. The molecule has 0 atom stereocenters. The summed E-state index contributed by atoms with van der Waals surface area (Å²) in [6.07, 6.45) is 4.85. The maximum Gasteiger partial charge on any atom is 0.266 e. The third kappa shape index (κ3) is 2.23. The molecular weight excluding hydrogens is 276 g/mol. The number of carbonyl (C=O) groups is 1. The van der Waals surface area contributed by atoms with Gasteiger partial charge in [-0.15, -0.1) is 11.3 Å². The lowest BCUT2D eigenvalue weighted by molar-refractivity contribution is 0.0656. The highest BCUT2D eigenvalue weighted by Crippen LogP contribution is 2.32. The Labute approximate surface area is 120 Å². The molecule has 0 radical (unpaired) electrons. The average molecular weight is 292 g/mol. The van der Waals surface area contributed by atoms with Gasteiger partial charge in [-0.25, -0.2) is 9.97 Å². The fourth-order valence-corrected chi connectivity index (χ4v) is 3.45. The van der Waals surface area contributed by atoms with Gasteiger partial charge < -0.3 is 15.7 Å². The minimum Gasteiger partial charge on any atom is -0.396 e. The molecule has 1 amide bonds. The van der Waals surface area contributed by atoms with Gasteiger partial charge in [0.05, 0.1) is 5.69 Å². The maximum absolute atomic E-state index is 12.5. The number of rotatable bonds is 2. The van der Waals surface area contributed by atoms with Crippen molar-refractivity contribution >= 4 is 33.3 Å². The number of aromatic nitrogens is 2. The zero-order valence-corrected chi connectivity index (χ0v) is 11.8. The standard InChI is InChI=1S/C13H16N4O2S/c14-9-10-12(16-4-3-15-10)20-11(9)13(19)17-5-1-8(7-18)2-6-17/h3-4,8,18H,1-2,5-7,14H2. The molecule has 6 nitrogen and oxygen atoms in total. The third-order valence-corrected chi connectivity index (χ3v) is 4.81. The number of aliphatic hydroxyl groups is 1. The minimum absolute atomic E-state index is 0.0521. The van der Waals surface area contributed by atoms with Crippen molar-refractivity contribution in [2.24, 2.45) is 5.92 Å². The number of piperidine rings is 1. The number of thiophene rings is 1. The average Bonchev–Trinajstić information content (AvgIpc) is 2.84. The molecule has 1 aliphatic rings. The molecule has 0 aliphatic carbocycles. The quantitative estimate of drug-likeness (QED) is 0.865. The number of aliphatic hydroxyl groups excluding tert-OH is 1. The molecule has 3 N–H and O–H groups in total. The van der Waals surface area contributed by atoms with Gasteiger partial charge in [0.15, 0.2) is 0 Å². The summed E-state index contributed by atoms with van der Waals surface area (Å²) in [5.74, 6) is 0.255. The molecule has 20 heavy (non-hydrogen) atoms. The van der Waals surface area contributed by atoms with Gasteiger partial charge in [0.2, 0.25) is 0 Å². The van der Waals surface area contributed by atoms with Crippen molar-refractivity contribution in [1.29, 1.82) is 0 Å². The number of likely N-dealkylation sites (tertiary alicyclic amines) is 1. The molecule has 0 aromatic carbocycles. The lowest BCUT2D eigenvalue weighted by Gasteiger charge is -2.30. The van der Waals surface area contributed by atoms with Gasteiger partial charge in [-0.3, -0.25) is 4.79 Å². The lowest BCUT2D eigenvalue weighted by atomic mass is 9.98. The van der Waals surface area contributed by atoms with Crippen LogP contribution in [0.25, 0.3) is 10.3 Å². The van der Waals surface area contributed by atoms with E-state index in [9.17, 15) is 4.79 Å². The molecule has 0 unspecified atom stereocenters. The molecule has 3 heterocycles. The van der Waals surface area contributed by atoms with Crippen molar-refractivity contribution in [3.63, 3.8) is 0 Å². The van der Waals surface area contributed by atoms with Gasteiger partial charge in [0.1, 0.15) is 15.2 Å². The number of anilines is 1. The summed E-state index contributed by atoms with van der Waals surface area (Å²) < 4.78 is 0. The first-order chi connectivity index (χ1) is 9.70. The smallest absolute Gasteiger partial charge is 0.266 e. The fraction of sp³-hybridized carbons (Fsp3) is 0.462. The van der Waals surface area contributed by atoms with Gasteiger partial charge in [0, 0.05) is 32.1 Å². The summed E-state index contributed by atoms with van der Waals surface area (Å²) in [7, 11) is 0. The van der Waals surface area contributed by atoms with Crippen LogP contribution in [0.15, 0.2) is 12.4 Å². The third-order valence-electron chi connectivity index (χ3n) is 3.72. The molecule has 106 valence electrons. The van der Waals surface area contributed by atoms with Crippen LogP contribution in [0.1, 0.15) is 22.5 Å². The molecule has 7 heteroatoms. The van der Waals surface area contributed by atoms with Crippen LogP contribution in [-0.4, -0.2) is 45.6 Å². The highest BCUT2D eigenvalue weighted by Gasteiger charge is 2.26. The summed E-state index contributed by atoms with van der Waals surface area (Å²) in [4.78, 5) is 23.9. The Bertz CT molecular complexity index is 634. The van der Waals surface area contributed by atoms with E-state index in [1.165, 1.54) is 11.3 Å². The number of hydrogen-bond donors (Lipinski definition) is 2. The maximum atomic E-state index is 12.5. The number of carbonyl (C=O) groups excluding carboxylic acids is 1. The molecule has 2 aromatic rings. The van der Waals surface area contributed by atoms with Crippen LogP contribution in [0.3, 0.4) is 0 Å². The van der Waals surface area contributed by atoms with Gasteiger partial charge in [-0.1, -0.05) is 0 Å². The van der Waals surface area contributed by atoms with Gasteiger partial charge >= 0.3 is 0 Å². The number of nitrogens with two attached hydrogens (primary N) is 1. The Hall–Kier alpha value is -1.73. The lowest BCUT2D eigenvalue weighted by Crippen LogP contribution is -2.39. The second kappa shape index (κ2) is 5.34. The van der Waals surface area contributed by atoms with E-state index in [4.69, 9.17) is 10.8 Å². The Balaban J connectivity index is 1.84. The van der Waals surface area contributed by atoms with Crippen LogP contribution in [0.4, 0.5) is 5.69 Å². The van der Waals surface area contributed by atoms with Crippen molar-refractivity contribution in [3.8, 4) is 0 Å². The first-order valence-electron chi connectivity index (χ1n) is 6.60. The molecule has 0 spiro atoms. The van der Waals surface area contributed by atoms with E-state index in [0.717, 1.165) is 12.8 Å². The van der Waals surface area contributed by atoms with Crippen LogP contribution < -0.4 is 5.73 Å². The monoisotopic (exact) mass is 292 g/mol. The zero-order valence-electron chi connectivity index (χ0n) is 11.0. The first kappa shape index (κ1) is 13.3. The number of nitrogen functional groups attached to an aromatic ring is 1. The summed E-state index contributed by atoms with van der Waals surface area (Å²) in [5.41, 5.74) is 7.05. The minimum atomic E-state index is -0.0521.